The Labute approximate surface area is 212 Å². The molecule has 0 spiro atoms. The van der Waals surface area contributed by atoms with Crippen molar-refractivity contribution < 1.29 is 0 Å². The maximum absolute atomic E-state index is 5.96. The number of halogens is 1. The van der Waals surface area contributed by atoms with Crippen LogP contribution in [0.4, 0.5) is 0 Å². The molecule has 1 aliphatic rings. The first-order valence-corrected chi connectivity index (χ1v) is 13.7. The van der Waals surface area contributed by atoms with Crippen molar-refractivity contribution in [3.63, 3.8) is 0 Å². The summed E-state index contributed by atoms with van der Waals surface area (Å²) >= 11 is 5.96. The average molecular weight is 471 g/mol. The van der Waals surface area contributed by atoms with Crippen LogP contribution in [-0.2, 0) is 19.3 Å². The van der Waals surface area contributed by atoms with Gasteiger partial charge in [0.25, 0.3) is 0 Å². The summed E-state index contributed by atoms with van der Waals surface area (Å²) in [6.07, 6.45) is 17.6. The van der Waals surface area contributed by atoms with Crippen LogP contribution in [0.2, 0.25) is 5.02 Å². The molecule has 0 aromatic heterocycles. The summed E-state index contributed by atoms with van der Waals surface area (Å²) in [5.41, 5.74) is 6.90. The zero-order valence-electron chi connectivity index (χ0n) is 20.7. The Balaban J connectivity index is 1.15. The third kappa shape index (κ3) is 7.88. The molecule has 1 aliphatic carbocycles. The maximum atomic E-state index is 5.96. The van der Waals surface area contributed by atoms with Crippen molar-refractivity contribution in [2.75, 3.05) is 0 Å². The van der Waals surface area contributed by atoms with Gasteiger partial charge < -0.3 is 0 Å². The molecule has 0 saturated heterocycles. The third-order valence-electron chi connectivity index (χ3n) is 7.53. The Morgan fingerprint density at radius 2 is 0.971 bits per heavy atom. The van der Waals surface area contributed by atoms with Crippen LogP contribution in [-0.4, -0.2) is 0 Å². The molecule has 0 nitrogen and oxygen atoms in total. The van der Waals surface area contributed by atoms with Crippen LogP contribution in [0.25, 0.3) is 12.2 Å². The quantitative estimate of drug-likeness (QED) is 0.258. The van der Waals surface area contributed by atoms with Crippen LogP contribution in [0.5, 0.6) is 0 Å². The fourth-order valence-electron chi connectivity index (χ4n) is 5.27. The molecule has 0 amide bonds. The average Bonchev–Trinajstić information content (AvgIpc) is 2.88. The fourth-order valence-corrected chi connectivity index (χ4v) is 5.40. The number of hydrogen-bond donors (Lipinski definition) is 0. The molecule has 0 heterocycles. The molecule has 4 rings (SSSR count). The van der Waals surface area contributed by atoms with Crippen LogP contribution < -0.4 is 0 Å². The molecule has 34 heavy (non-hydrogen) atoms. The van der Waals surface area contributed by atoms with E-state index in [1.807, 2.05) is 24.3 Å². The molecule has 0 unspecified atom stereocenters. The van der Waals surface area contributed by atoms with Crippen molar-refractivity contribution in [3.8, 4) is 0 Å². The van der Waals surface area contributed by atoms with Crippen molar-refractivity contribution in [1.29, 1.82) is 0 Å². The molecule has 1 fully saturated rings. The predicted molar refractivity (Wildman–Crippen MR) is 149 cm³/mol. The normalized spacial score (nSPS) is 18.4. The third-order valence-corrected chi connectivity index (χ3v) is 7.78. The Hall–Kier alpha value is -2.31. The largest absolute Gasteiger partial charge is 0.0843 e. The van der Waals surface area contributed by atoms with E-state index in [9.17, 15) is 0 Å². The van der Waals surface area contributed by atoms with Crippen LogP contribution >= 0.6 is 11.6 Å². The van der Waals surface area contributed by atoms with E-state index in [2.05, 4.69) is 67.6 Å². The number of benzene rings is 3. The van der Waals surface area contributed by atoms with Crippen LogP contribution in [0.15, 0.2) is 72.8 Å². The molecular formula is C33H39Cl. The summed E-state index contributed by atoms with van der Waals surface area (Å²) in [4.78, 5) is 0. The second kappa shape index (κ2) is 13.0. The van der Waals surface area contributed by atoms with Gasteiger partial charge in [0.2, 0.25) is 0 Å². The van der Waals surface area contributed by atoms with E-state index in [1.165, 1.54) is 92.0 Å². The lowest BCUT2D eigenvalue weighted by Crippen LogP contribution is -2.15. The highest BCUT2D eigenvalue weighted by Crippen LogP contribution is 2.34. The van der Waals surface area contributed by atoms with E-state index in [4.69, 9.17) is 11.6 Å². The molecule has 1 heteroatoms. The molecular weight excluding hydrogens is 432 g/mol. The van der Waals surface area contributed by atoms with E-state index in [0.29, 0.717) is 0 Å². The van der Waals surface area contributed by atoms with Crippen LogP contribution in [0.1, 0.15) is 79.7 Å². The Morgan fingerprint density at radius 1 is 0.588 bits per heavy atom. The number of rotatable bonds is 10. The van der Waals surface area contributed by atoms with Gasteiger partial charge in [-0.2, -0.15) is 0 Å². The van der Waals surface area contributed by atoms with Gasteiger partial charge in [0.1, 0.15) is 0 Å². The molecule has 1 saturated carbocycles. The standard InChI is InChI=1S/C33H39Cl/c1-2-3-26-4-6-27(7-5-26)8-9-28-10-12-29(13-11-28)14-15-30-16-18-31(19-17-30)20-21-32-22-24-33(34)25-23-32/h4-7,16-25,28-29H,2-3,8-15H2,1H3/b21-20+. The minimum atomic E-state index is 0.781. The first-order chi connectivity index (χ1) is 16.7. The lowest BCUT2D eigenvalue weighted by Gasteiger charge is -2.28. The number of aryl methyl sites for hydroxylation is 3. The first-order valence-electron chi connectivity index (χ1n) is 13.3. The van der Waals surface area contributed by atoms with E-state index >= 15 is 0 Å². The smallest absolute Gasteiger partial charge is 0.0406 e. The minimum Gasteiger partial charge on any atom is -0.0843 e. The molecule has 178 valence electrons. The predicted octanol–water partition coefficient (Wildman–Crippen LogP) is 9.83. The highest BCUT2D eigenvalue weighted by molar-refractivity contribution is 6.30. The lowest BCUT2D eigenvalue weighted by molar-refractivity contribution is 0.253. The molecule has 0 atom stereocenters. The van der Waals surface area contributed by atoms with E-state index in [1.54, 1.807) is 0 Å². The fraction of sp³-hybridized carbons (Fsp3) is 0.394. The van der Waals surface area contributed by atoms with Gasteiger partial charge in [-0.1, -0.05) is 123 Å². The SMILES string of the molecule is CCCc1ccc(CCC2CCC(CCc3ccc(/C=C/c4ccc(Cl)cc4)cc3)CC2)cc1. The van der Waals surface area contributed by atoms with Gasteiger partial charge in [-0.3, -0.25) is 0 Å². The highest BCUT2D eigenvalue weighted by Gasteiger charge is 2.20. The molecule has 0 radical (unpaired) electrons. The van der Waals surface area contributed by atoms with Crippen molar-refractivity contribution in [3.05, 3.63) is 106 Å². The summed E-state index contributed by atoms with van der Waals surface area (Å²) in [5, 5.41) is 0.781. The van der Waals surface area contributed by atoms with Crippen LogP contribution in [0, 0.1) is 11.8 Å². The Kier molecular flexibility index (Phi) is 9.45. The lowest BCUT2D eigenvalue weighted by atomic mass is 9.77. The van der Waals surface area contributed by atoms with Gasteiger partial charge in [-0.15, -0.1) is 0 Å². The second-order valence-corrected chi connectivity index (χ2v) is 10.6. The summed E-state index contributed by atoms with van der Waals surface area (Å²) < 4.78 is 0. The molecule has 0 aliphatic heterocycles. The minimum absolute atomic E-state index is 0.781. The van der Waals surface area contributed by atoms with Crippen molar-refractivity contribution in [2.45, 2.75) is 71.1 Å². The zero-order valence-corrected chi connectivity index (χ0v) is 21.4. The topological polar surface area (TPSA) is 0 Å². The van der Waals surface area contributed by atoms with Crippen molar-refractivity contribution in [2.24, 2.45) is 11.8 Å². The Bertz CT molecular complexity index is 1000. The first kappa shape index (κ1) is 24.8. The molecule has 0 bridgehead atoms. The van der Waals surface area contributed by atoms with Gasteiger partial charge in [0.05, 0.1) is 0 Å². The van der Waals surface area contributed by atoms with Gasteiger partial charge in [-0.05, 0) is 83.9 Å². The Morgan fingerprint density at radius 3 is 1.41 bits per heavy atom. The van der Waals surface area contributed by atoms with E-state index < -0.39 is 0 Å². The highest BCUT2D eigenvalue weighted by atomic mass is 35.5. The zero-order chi connectivity index (χ0) is 23.6. The van der Waals surface area contributed by atoms with Crippen molar-refractivity contribution in [1.82, 2.24) is 0 Å². The summed E-state index contributed by atoms with van der Waals surface area (Å²) in [6, 6.07) is 26.4. The van der Waals surface area contributed by atoms with Gasteiger partial charge in [0.15, 0.2) is 0 Å². The maximum Gasteiger partial charge on any atom is 0.0406 e. The van der Waals surface area contributed by atoms with Gasteiger partial charge >= 0.3 is 0 Å². The van der Waals surface area contributed by atoms with Crippen LogP contribution in [0.3, 0.4) is 0 Å². The summed E-state index contributed by atoms with van der Waals surface area (Å²) in [7, 11) is 0. The van der Waals surface area contributed by atoms with E-state index in [0.717, 1.165) is 16.9 Å². The molecule has 0 N–H and O–H groups in total. The van der Waals surface area contributed by atoms with E-state index in [-0.39, 0.29) is 0 Å². The number of hydrogen-bond acceptors (Lipinski definition) is 0. The summed E-state index contributed by atoms with van der Waals surface area (Å²) in [5.74, 6) is 1.84. The van der Waals surface area contributed by atoms with Gasteiger partial charge in [0, 0.05) is 5.02 Å². The van der Waals surface area contributed by atoms with Gasteiger partial charge in [-0.25, -0.2) is 0 Å². The molecule has 3 aromatic carbocycles. The molecule has 3 aromatic rings. The second-order valence-electron chi connectivity index (χ2n) is 10.2. The monoisotopic (exact) mass is 470 g/mol. The summed E-state index contributed by atoms with van der Waals surface area (Å²) in [6.45, 7) is 2.25. The van der Waals surface area contributed by atoms with Crippen molar-refractivity contribution >= 4 is 23.8 Å².